The molecule has 1 aliphatic rings. The summed E-state index contributed by atoms with van der Waals surface area (Å²) < 4.78 is 45.0. The summed E-state index contributed by atoms with van der Waals surface area (Å²) in [6, 6.07) is 1.10. The minimum atomic E-state index is -5.36. The standard InChI is InChI=1S/C14H13Cl2F3N2O4/c1-2-25-11(22)8-10(6-4-3-5-7(15)9(6)16)20-12(23)21-13(8,24)14(17,18)19/h3-5,8,10,24H,2H2,1H3,(H2,20,21,23)/t8-,10+,13+/m0/s1. The quantitative estimate of drug-likeness (QED) is 0.680. The molecule has 1 heterocycles. The molecule has 0 saturated carbocycles. The van der Waals surface area contributed by atoms with Gasteiger partial charge in [0.2, 0.25) is 0 Å². The van der Waals surface area contributed by atoms with E-state index in [0.717, 1.165) is 0 Å². The van der Waals surface area contributed by atoms with Crippen molar-refractivity contribution >= 4 is 35.2 Å². The smallest absolute Gasteiger partial charge is 0.437 e. The Labute approximate surface area is 150 Å². The van der Waals surface area contributed by atoms with Gasteiger partial charge in [0.05, 0.1) is 22.7 Å². The number of amides is 2. The van der Waals surface area contributed by atoms with Crippen molar-refractivity contribution in [2.75, 3.05) is 6.61 Å². The molecule has 25 heavy (non-hydrogen) atoms. The zero-order valence-electron chi connectivity index (χ0n) is 12.7. The van der Waals surface area contributed by atoms with E-state index in [9.17, 15) is 27.9 Å². The Balaban J connectivity index is 2.64. The van der Waals surface area contributed by atoms with E-state index in [-0.39, 0.29) is 22.2 Å². The number of benzene rings is 1. The van der Waals surface area contributed by atoms with Crippen LogP contribution in [0.1, 0.15) is 18.5 Å². The fraction of sp³-hybridized carbons (Fsp3) is 0.429. The zero-order valence-corrected chi connectivity index (χ0v) is 14.2. The summed E-state index contributed by atoms with van der Waals surface area (Å²) in [5.41, 5.74) is -3.91. The van der Waals surface area contributed by atoms with Gasteiger partial charge in [-0.1, -0.05) is 35.3 Å². The lowest BCUT2D eigenvalue weighted by Gasteiger charge is -2.44. The summed E-state index contributed by atoms with van der Waals surface area (Å²) in [5, 5.41) is 13.5. The molecular weight excluding hydrogens is 388 g/mol. The highest BCUT2D eigenvalue weighted by molar-refractivity contribution is 6.42. The minimum absolute atomic E-state index is 0.00473. The predicted molar refractivity (Wildman–Crippen MR) is 82.0 cm³/mol. The molecule has 2 rings (SSSR count). The number of alkyl halides is 3. The van der Waals surface area contributed by atoms with Gasteiger partial charge in [0.25, 0.3) is 5.72 Å². The molecule has 0 unspecified atom stereocenters. The molecule has 3 N–H and O–H groups in total. The fourth-order valence-electron chi connectivity index (χ4n) is 2.56. The maximum atomic E-state index is 13.5. The number of urea groups is 1. The van der Waals surface area contributed by atoms with Gasteiger partial charge in [0.15, 0.2) is 0 Å². The Morgan fingerprint density at radius 1 is 1.40 bits per heavy atom. The fourth-order valence-corrected chi connectivity index (χ4v) is 2.98. The van der Waals surface area contributed by atoms with Crippen molar-refractivity contribution in [3.8, 4) is 0 Å². The van der Waals surface area contributed by atoms with Gasteiger partial charge in [-0.15, -0.1) is 0 Å². The number of hydrogen-bond acceptors (Lipinski definition) is 4. The van der Waals surface area contributed by atoms with E-state index in [1.807, 2.05) is 0 Å². The zero-order chi connectivity index (χ0) is 19.0. The maximum absolute atomic E-state index is 13.5. The van der Waals surface area contributed by atoms with Gasteiger partial charge in [-0.25, -0.2) is 4.79 Å². The highest BCUT2D eigenvalue weighted by Crippen LogP contribution is 2.45. The Bertz CT molecular complexity index is 701. The monoisotopic (exact) mass is 400 g/mol. The van der Waals surface area contributed by atoms with Crippen LogP contribution in [0.5, 0.6) is 0 Å². The average molecular weight is 401 g/mol. The number of nitrogens with one attached hydrogen (secondary N) is 2. The number of aliphatic hydroxyl groups is 1. The third-order valence-electron chi connectivity index (χ3n) is 3.66. The van der Waals surface area contributed by atoms with E-state index in [1.165, 1.54) is 30.4 Å². The van der Waals surface area contributed by atoms with Crippen molar-refractivity contribution in [2.45, 2.75) is 24.9 Å². The van der Waals surface area contributed by atoms with Crippen molar-refractivity contribution in [3.63, 3.8) is 0 Å². The number of rotatable bonds is 3. The first-order valence-electron chi connectivity index (χ1n) is 7.01. The van der Waals surface area contributed by atoms with Crippen LogP contribution in [0.25, 0.3) is 0 Å². The van der Waals surface area contributed by atoms with E-state index >= 15 is 0 Å². The van der Waals surface area contributed by atoms with Crippen molar-refractivity contribution < 1.29 is 32.6 Å². The van der Waals surface area contributed by atoms with Gasteiger partial charge < -0.3 is 20.5 Å². The molecule has 0 bridgehead atoms. The second-order valence-corrected chi connectivity index (χ2v) is 6.00. The summed E-state index contributed by atoms with van der Waals surface area (Å²) in [6.45, 7) is 1.16. The first-order valence-corrected chi connectivity index (χ1v) is 7.76. The second-order valence-electron chi connectivity index (χ2n) is 5.21. The van der Waals surface area contributed by atoms with Crippen molar-refractivity contribution in [3.05, 3.63) is 33.8 Å². The van der Waals surface area contributed by atoms with E-state index < -0.39 is 35.9 Å². The van der Waals surface area contributed by atoms with E-state index in [0.29, 0.717) is 0 Å². The van der Waals surface area contributed by atoms with Gasteiger partial charge in [-0.05, 0) is 18.6 Å². The van der Waals surface area contributed by atoms with Crippen LogP contribution >= 0.6 is 23.2 Å². The largest absolute Gasteiger partial charge is 0.466 e. The van der Waals surface area contributed by atoms with Crippen LogP contribution in [0.4, 0.5) is 18.0 Å². The van der Waals surface area contributed by atoms with Gasteiger partial charge in [0, 0.05) is 0 Å². The van der Waals surface area contributed by atoms with Gasteiger partial charge >= 0.3 is 18.2 Å². The molecule has 11 heteroatoms. The molecule has 1 fully saturated rings. The maximum Gasteiger partial charge on any atom is 0.437 e. The van der Waals surface area contributed by atoms with E-state index in [4.69, 9.17) is 23.2 Å². The Kier molecular flexibility index (Phi) is 5.41. The molecule has 0 aromatic heterocycles. The highest BCUT2D eigenvalue weighted by Gasteiger charge is 2.67. The Morgan fingerprint density at radius 3 is 2.60 bits per heavy atom. The summed E-state index contributed by atoms with van der Waals surface area (Å²) >= 11 is 11.9. The second kappa shape index (κ2) is 6.89. The molecule has 0 spiro atoms. The SMILES string of the molecule is CCOC(=O)[C@@H]1[C@@H](c2cccc(Cl)c2Cl)NC(=O)N[C@]1(O)C(F)(F)F. The third kappa shape index (κ3) is 3.49. The van der Waals surface area contributed by atoms with Gasteiger partial charge in [0.1, 0.15) is 5.92 Å². The topological polar surface area (TPSA) is 87.7 Å². The summed E-state index contributed by atoms with van der Waals surface area (Å²) in [4.78, 5) is 23.9. The van der Waals surface area contributed by atoms with Crippen LogP contribution in [-0.2, 0) is 9.53 Å². The van der Waals surface area contributed by atoms with Crippen LogP contribution in [0, 0.1) is 5.92 Å². The van der Waals surface area contributed by atoms with Crippen LogP contribution in [0.15, 0.2) is 18.2 Å². The lowest BCUT2D eigenvalue weighted by Crippen LogP contribution is -2.73. The van der Waals surface area contributed by atoms with E-state index in [1.54, 1.807) is 0 Å². The summed E-state index contributed by atoms with van der Waals surface area (Å²) in [7, 11) is 0. The van der Waals surface area contributed by atoms with Crippen LogP contribution < -0.4 is 10.6 Å². The Morgan fingerprint density at radius 2 is 2.04 bits per heavy atom. The number of esters is 1. The number of halogens is 5. The number of carbonyl (C=O) groups is 2. The van der Waals surface area contributed by atoms with Gasteiger partial charge in [-0.3, -0.25) is 4.79 Å². The lowest BCUT2D eigenvalue weighted by molar-refractivity contribution is -0.294. The molecule has 138 valence electrons. The highest BCUT2D eigenvalue weighted by atomic mass is 35.5. The molecule has 3 atom stereocenters. The Hall–Kier alpha value is -1.71. The first kappa shape index (κ1) is 19.6. The molecule has 1 saturated heterocycles. The molecule has 6 nitrogen and oxygen atoms in total. The molecule has 2 amide bonds. The predicted octanol–water partition coefficient (Wildman–Crippen LogP) is 2.78. The van der Waals surface area contributed by atoms with Gasteiger partial charge in [-0.2, -0.15) is 13.2 Å². The molecular formula is C14H13Cl2F3N2O4. The molecule has 0 aliphatic carbocycles. The van der Waals surface area contributed by atoms with Crippen molar-refractivity contribution in [1.29, 1.82) is 0 Å². The summed E-state index contributed by atoms with van der Waals surface area (Å²) in [5.74, 6) is -3.61. The number of hydrogen-bond donors (Lipinski definition) is 3. The first-order chi connectivity index (χ1) is 11.5. The van der Waals surface area contributed by atoms with Crippen LogP contribution in [-0.4, -0.2) is 35.6 Å². The van der Waals surface area contributed by atoms with E-state index in [2.05, 4.69) is 10.1 Å². The van der Waals surface area contributed by atoms with Crippen LogP contribution in [0.3, 0.4) is 0 Å². The lowest BCUT2D eigenvalue weighted by atomic mass is 9.82. The van der Waals surface area contributed by atoms with Crippen LogP contribution in [0.2, 0.25) is 10.0 Å². The molecule has 0 radical (unpaired) electrons. The number of carbonyl (C=O) groups excluding carboxylic acids is 2. The molecule has 1 aliphatic heterocycles. The average Bonchev–Trinajstić information content (AvgIpc) is 2.48. The molecule has 1 aromatic carbocycles. The van der Waals surface area contributed by atoms with Crippen molar-refractivity contribution in [2.24, 2.45) is 5.92 Å². The minimum Gasteiger partial charge on any atom is -0.466 e. The summed E-state index contributed by atoms with van der Waals surface area (Å²) in [6.07, 6.45) is -5.36. The molecule has 1 aromatic rings. The third-order valence-corrected chi connectivity index (χ3v) is 4.50. The normalized spacial score (nSPS) is 26.6. The van der Waals surface area contributed by atoms with Crippen molar-refractivity contribution in [1.82, 2.24) is 10.6 Å². The number of ether oxygens (including phenoxy) is 1.